The van der Waals surface area contributed by atoms with Crippen LogP contribution in [-0.2, 0) is 10.0 Å². The number of carbonyl (C=O) groups is 1. The number of carbonyl (C=O) groups excluding carboxylic acids is 1. The molecule has 0 unspecified atom stereocenters. The van der Waals surface area contributed by atoms with Gasteiger partial charge in [-0.3, -0.25) is 4.79 Å². The second-order valence-corrected chi connectivity index (χ2v) is 8.41. The molecular formula is C20H24N2O6S. The van der Waals surface area contributed by atoms with Crippen molar-refractivity contribution in [2.24, 2.45) is 0 Å². The molecular weight excluding hydrogens is 396 g/mol. The monoisotopic (exact) mass is 420 g/mol. The minimum Gasteiger partial charge on any atom is -0.497 e. The van der Waals surface area contributed by atoms with E-state index in [1.165, 1.54) is 37.8 Å². The second-order valence-electron chi connectivity index (χ2n) is 6.47. The molecule has 0 N–H and O–H groups in total. The number of amides is 1. The summed E-state index contributed by atoms with van der Waals surface area (Å²) in [6, 6.07) is 11.3. The van der Waals surface area contributed by atoms with Gasteiger partial charge in [-0.25, -0.2) is 8.42 Å². The maximum atomic E-state index is 12.9. The molecule has 0 spiro atoms. The lowest BCUT2D eigenvalue weighted by Crippen LogP contribution is -2.50. The molecule has 1 aliphatic heterocycles. The van der Waals surface area contributed by atoms with E-state index in [2.05, 4.69) is 0 Å². The van der Waals surface area contributed by atoms with Crippen LogP contribution in [0.25, 0.3) is 0 Å². The molecule has 0 aromatic heterocycles. The van der Waals surface area contributed by atoms with Gasteiger partial charge < -0.3 is 19.1 Å². The second kappa shape index (κ2) is 8.71. The van der Waals surface area contributed by atoms with Crippen LogP contribution in [0.15, 0.2) is 47.4 Å². The van der Waals surface area contributed by atoms with Crippen molar-refractivity contribution in [3.63, 3.8) is 0 Å². The largest absolute Gasteiger partial charge is 0.497 e. The van der Waals surface area contributed by atoms with Crippen molar-refractivity contribution in [2.45, 2.75) is 4.90 Å². The Bertz CT molecular complexity index is 945. The Labute approximate surface area is 170 Å². The quantitative estimate of drug-likeness (QED) is 0.709. The number of nitrogens with zero attached hydrogens (tertiary/aromatic N) is 2. The Morgan fingerprint density at radius 3 is 1.79 bits per heavy atom. The lowest BCUT2D eigenvalue weighted by molar-refractivity contribution is 0.0697. The summed E-state index contributed by atoms with van der Waals surface area (Å²) in [7, 11) is 0.942. The lowest BCUT2D eigenvalue weighted by atomic mass is 10.1. The highest BCUT2D eigenvalue weighted by atomic mass is 32.2. The van der Waals surface area contributed by atoms with Gasteiger partial charge in [0, 0.05) is 37.8 Å². The molecule has 1 amide bonds. The van der Waals surface area contributed by atoms with Gasteiger partial charge >= 0.3 is 0 Å². The van der Waals surface area contributed by atoms with Crippen molar-refractivity contribution >= 4 is 15.9 Å². The Morgan fingerprint density at radius 1 is 0.793 bits per heavy atom. The van der Waals surface area contributed by atoms with Gasteiger partial charge in [-0.05, 0) is 36.4 Å². The third-order valence-electron chi connectivity index (χ3n) is 4.82. The van der Waals surface area contributed by atoms with E-state index < -0.39 is 10.0 Å². The summed E-state index contributed by atoms with van der Waals surface area (Å²) in [6.45, 7) is 1.05. The van der Waals surface area contributed by atoms with Gasteiger partial charge in [0.1, 0.15) is 17.2 Å². The molecule has 1 aliphatic rings. The fourth-order valence-electron chi connectivity index (χ4n) is 3.14. The van der Waals surface area contributed by atoms with Crippen LogP contribution in [-0.4, -0.2) is 71.0 Å². The molecule has 9 heteroatoms. The first-order chi connectivity index (χ1) is 13.9. The van der Waals surface area contributed by atoms with Gasteiger partial charge in [-0.2, -0.15) is 4.31 Å². The molecule has 1 heterocycles. The number of hydrogen-bond acceptors (Lipinski definition) is 6. The fraction of sp³-hybridized carbons (Fsp3) is 0.350. The summed E-state index contributed by atoms with van der Waals surface area (Å²) in [6.07, 6.45) is 0. The van der Waals surface area contributed by atoms with Crippen molar-refractivity contribution in [3.8, 4) is 17.2 Å². The van der Waals surface area contributed by atoms with Crippen molar-refractivity contribution in [1.82, 2.24) is 9.21 Å². The molecule has 1 fully saturated rings. The summed E-state index contributed by atoms with van der Waals surface area (Å²) in [5, 5.41) is 0. The van der Waals surface area contributed by atoms with Crippen LogP contribution in [0.4, 0.5) is 0 Å². The predicted octanol–water partition coefficient (Wildman–Crippen LogP) is 1.86. The summed E-state index contributed by atoms with van der Waals surface area (Å²) in [4.78, 5) is 14.7. The summed E-state index contributed by atoms with van der Waals surface area (Å²) in [5.41, 5.74) is 0.438. The first-order valence-electron chi connectivity index (χ1n) is 9.05. The zero-order chi connectivity index (χ0) is 21.0. The van der Waals surface area contributed by atoms with Gasteiger partial charge in [-0.15, -0.1) is 0 Å². The molecule has 0 saturated carbocycles. The van der Waals surface area contributed by atoms with Gasteiger partial charge in [0.05, 0.1) is 26.2 Å². The molecule has 0 aliphatic carbocycles. The van der Waals surface area contributed by atoms with E-state index in [0.29, 0.717) is 35.9 Å². The number of ether oxygens (including phenoxy) is 3. The first kappa shape index (κ1) is 20.9. The molecule has 0 atom stereocenters. The van der Waals surface area contributed by atoms with Gasteiger partial charge in [0.2, 0.25) is 10.0 Å². The van der Waals surface area contributed by atoms with Gasteiger partial charge in [0.25, 0.3) is 5.91 Å². The topological polar surface area (TPSA) is 85.4 Å². The summed E-state index contributed by atoms with van der Waals surface area (Å²) >= 11 is 0. The number of sulfonamides is 1. The average Bonchev–Trinajstić information content (AvgIpc) is 2.78. The normalized spacial score (nSPS) is 15.1. The number of rotatable bonds is 6. The maximum Gasteiger partial charge on any atom is 0.254 e. The highest BCUT2D eigenvalue weighted by molar-refractivity contribution is 7.89. The van der Waals surface area contributed by atoms with Crippen LogP contribution in [0.3, 0.4) is 0 Å². The van der Waals surface area contributed by atoms with Crippen molar-refractivity contribution in [3.05, 3.63) is 48.0 Å². The fourth-order valence-corrected chi connectivity index (χ4v) is 4.56. The van der Waals surface area contributed by atoms with Crippen molar-refractivity contribution < 1.29 is 27.4 Å². The molecule has 2 aromatic carbocycles. The minimum atomic E-state index is -3.62. The van der Waals surface area contributed by atoms with E-state index in [1.54, 1.807) is 35.2 Å². The zero-order valence-corrected chi connectivity index (χ0v) is 17.4. The van der Waals surface area contributed by atoms with E-state index in [-0.39, 0.29) is 23.9 Å². The van der Waals surface area contributed by atoms with Crippen LogP contribution >= 0.6 is 0 Å². The van der Waals surface area contributed by atoms with Gasteiger partial charge in [0.15, 0.2) is 0 Å². The van der Waals surface area contributed by atoms with Crippen molar-refractivity contribution in [1.29, 1.82) is 0 Å². The molecule has 3 rings (SSSR count). The molecule has 156 valence electrons. The SMILES string of the molecule is COc1ccc(S(=O)(=O)N2CCN(C(=O)c3cc(OC)cc(OC)c3)CC2)cc1. The molecule has 1 saturated heterocycles. The van der Waals surface area contributed by atoms with E-state index in [0.717, 1.165) is 0 Å². The van der Waals surface area contributed by atoms with Crippen molar-refractivity contribution in [2.75, 3.05) is 47.5 Å². The van der Waals surface area contributed by atoms with E-state index in [4.69, 9.17) is 14.2 Å². The zero-order valence-electron chi connectivity index (χ0n) is 16.6. The maximum absolute atomic E-state index is 12.9. The third-order valence-corrected chi connectivity index (χ3v) is 6.73. The van der Waals surface area contributed by atoms with Crippen LogP contribution in [0.5, 0.6) is 17.2 Å². The minimum absolute atomic E-state index is 0.191. The summed E-state index contributed by atoms with van der Waals surface area (Å²) in [5.74, 6) is 1.44. The third kappa shape index (κ3) is 4.46. The van der Waals surface area contributed by atoms with Gasteiger partial charge in [-0.1, -0.05) is 0 Å². The van der Waals surface area contributed by atoms with Crippen LogP contribution < -0.4 is 14.2 Å². The Hall–Kier alpha value is -2.78. The molecule has 2 aromatic rings. The average molecular weight is 420 g/mol. The molecule has 0 bridgehead atoms. The van der Waals surface area contributed by atoms with E-state index >= 15 is 0 Å². The van der Waals surface area contributed by atoms with E-state index in [9.17, 15) is 13.2 Å². The van der Waals surface area contributed by atoms with Crippen LogP contribution in [0.1, 0.15) is 10.4 Å². The predicted molar refractivity (Wildman–Crippen MR) is 107 cm³/mol. The van der Waals surface area contributed by atoms with E-state index in [1.807, 2.05) is 0 Å². The molecule has 8 nitrogen and oxygen atoms in total. The Morgan fingerprint density at radius 2 is 1.31 bits per heavy atom. The highest BCUT2D eigenvalue weighted by Gasteiger charge is 2.30. The van der Waals surface area contributed by atoms with Crippen LogP contribution in [0, 0.1) is 0 Å². The molecule has 0 radical (unpaired) electrons. The Balaban J connectivity index is 1.70. The smallest absolute Gasteiger partial charge is 0.254 e. The number of hydrogen-bond donors (Lipinski definition) is 0. The Kier molecular flexibility index (Phi) is 6.29. The lowest BCUT2D eigenvalue weighted by Gasteiger charge is -2.34. The number of benzene rings is 2. The summed E-state index contributed by atoms with van der Waals surface area (Å²) < 4.78 is 42.6. The first-order valence-corrected chi connectivity index (χ1v) is 10.5. The highest BCUT2D eigenvalue weighted by Crippen LogP contribution is 2.25. The number of piperazine rings is 1. The standard InChI is InChI=1S/C20H24N2O6S/c1-26-16-4-6-19(7-5-16)29(24,25)22-10-8-21(9-11-22)20(23)15-12-17(27-2)14-18(13-15)28-3/h4-7,12-14H,8-11H2,1-3H3. The van der Waals surface area contributed by atoms with Crippen LogP contribution in [0.2, 0.25) is 0 Å². The molecule has 29 heavy (non-hydrogen) atoms. The number of methoxy groups -OCH3 is 3.